The lowest BCUT2D eigenvalue weighted by Crippen LogP contribution is -1.97. The molecule has 1 heterocycles. The van der Waals surface area contributed by atoms with Crippen LogP contribution in [0.25, 0.3) is 11.3 Å². The maximum Gasteiger partial charge on any atom is 0.313 e. The number of hydrogen-bond acceptors (Lipinski definition) is 3. The van der Waals surface area contributed by atoms with Crippen LogP contribution < -0.4 is 0 Å². The number of aromatic amines is 1. The first-order valence-electron chi connectivity index (χ1n) is 4.80. The van der Waals surface area contributed by atoms with Crippen LogP contribution in [0, 0.1) is 0 Å². The number of carboxylic acids is 1. The number of aliphatic carboxylic acids is 1. The number of carbonyl (C=O) groups is 1. The summed E-state index contributed by atoms with van der Waals surface area (Å²) in [6.45, 7) is 0. The fourth-order valence-electron chi connectivity index (χ4n) is 1.31. The quantitative estimate of drug-likeness (QED) is 0.837. The monoisotopic (exact) mass is 268 g/mol. The van der Waals surface area contributed by atoms with E-state index in [4.69, 9.17) is 16.7 Å². The molecular formula is C11H9ClN2O2S. The second kappa shape index (κ2) is 5.25. The Morgan fingerprint density at radius 1 is 1.53 bits per heavy atom. The number of halogens is 1. The van der Waals surface area contributed by atoms with Crippen LogP contribution >= 0.6 is 23.4 Å². The molecule has 6 heteroatoms. The van der Waals surface area contributed by atoms with Crippen molar-refractivity contribution in [1.29, 1.82) is 0 Å². The van der Waals surface area contributed by atoms with Gasteiger partial charge in [0, 0.05) is 10.6 Å². The van der Waals surface area contributed by atoms with Crippen molar-refractivity contribution >= 4 is 29.3 Å². The van der Waals surface area contributed by atoms with Crippen LogP contribution in [-0.2, 0) is 4.79 Å². The van der Waals surface area contributed by atoms with Gasteiger partial charge in [-0.1, -0.05) is 35.5 Å². The predicted octanol–water partition coefficient (Wildman–Crippen LogP) is 2.91. The molecule has 2 rings (SSSR count). The van der Waals surface area contributed by atoms with E-state index in [0.717, 1.165) is 23.0 Å². The summed E-state index contributed by atoms with van der Waals surface area (Å²) < 4.78 is 0. The van der Waals surface area contributed by atoms with E-state index >= 15 is 0 Å². The summed E-state index contributed by atoms with van der Waals surface area (Å²) in [7, 11) is 0. The minimum Gasteiger partial charge on any atom is -0.481 e. The molecular weight excluding hydrogens is 260 g/mol. The van der Waals surface area contributed by atoms with Gasteiger partial charge in [0.15, 0.2) is 5.16 Å². The summed E-state index contributed by atoms with van der Waals surface area (Å²) in [6.07, 6.45) is 1.66. The van der Waals surface area contributed by atoms with Crippen molar-refractivity contribution in [2.24, 2.45) is 0 Å². The highest BCUT2D eigenvalue weighted by atomic mass is 35.5. The number of thioether (sulfide) groups is 1. The summed E-state index contributed by atoms with van der Waals surface area (Å²) in [4.78, 5) is 17.6. The number of aromatic nitrogens is 2. The van der Waals surface area contributed by atoms with E-state index in [1.165, 1.54) is 0 Å². The molecule has 4 nitrogen and oxygen atoms in total. The molecule has 1 aromatic heterocycles. The maximum absolute atomic E-state index is 10.4. The fourth-order valence-corrected chi connectivity index (χ4v) is 2.07. The molecule has 2 aromatic rings. The highest BCUT2D eigenvalue weighted by molar-refractivity contribution is 7.99. The van der Waals surface area contributed by atoms with Crippen molar-refractivity contribution in [2.75, 3.05) is 5.75 Å². The van der Waals surface area contributed by atoms with Crippen molar-refractivity contribution in [2.45, 2.75) is 5.16 Å². The van der Waals surface area contributed by atoms with Gasteiger partial charge in [-0.15, -0.1) is 0 Å². The van der Waals surface area contributed by atoms with Gasteiger partial charge in [-0.05, 0) is 12.1 Å². The first-order chi connectivity index (χ1) is 8.15. The molecule has 88 valence electrons. The Labute approximate surface area is 107 Å². The Morgan fingerprint density at radius 2 is 2.35 bits per heavy atom. The highest BCUT2D eigenvalue weighted by Gasteiger charge is 2.06. The molecule has 0 bridgehead atoms. The van der Waals surface area contributed by atoms with E-state index < -0.39 is 5.97 Å². The molecule has 0 aliphatic heterocycles. The molecule has 0 spiro atoms. The second-order valence-corrected chi connectivity index (χ2v) is 4.70. The summed E-state index contributed by atoms with van der Waals surface area (Å²) >= 11 is 7.04. The molecule has 0 amide bonds. The van der Waals surface area contributed by atoms with Gasteiger partial charge in [-0.3, -0.25) is 4.79 Å². The van der Waals surface area contributed by atoms with E-state index in [0.29, 0.717) is 10.2 Å². The van der Waals surface area contributed by atoms with Gasteiger partial charge in [-0.2, -0.15) is 0 Å². The van der Waals surface area contributed by atoms with E-state index in [2.05, 4.69) is 9.97 Å². The van der Waals surface area contributed by atoms with Gasteiger partial charge in [0.25, 0.3) is 0 Å². The summed E-state index contributed by atoms with van der Waals surface area (Å²) in [6, 6.07) is 7.37. The number of nitrogens with zero attached hydrogens (tertiary/aromatic N) is 1. The molecule has 0 fully saturated rings. The zero-order chi connectivity index (χ0) is 12.3. The third-order valence-electron chi connectivity index (χ3n) is 2.02. The van der Waals surface area contributed by atoms with Gasteiger partial charge >= 0.3 is 5.97 Å². The Morgan fingerprint density at radius 3 is 3.06 bits per heavy atom. The van der Waals surface area contributed by atoms with E-state index in [-0.39, 0.29) is 5.75 Å². The van der Waals surface area contributed by atoms with Gasteiger partial charge in [-0.25, -0.2) is 4.98 Å². The second-order valence-electron chi connectivity index (χ2n) is 3.29. The Bertz CT molecular complexity index is 542. The number of carboxylic acid groups (broad SMARTS) is 1. The number of imidazole rings is 1. The Kier molecular flexibility index (Phi) is 3.71. The van der Waals surface area contributed by atoms with Crippen molar-refractivity contribution in [3.8, 4) is 11.3 Å². The summed E-state index contributed by atoms with van der Waals surface area (Å²) in [5, 5.41) is 9.79. The van der Waals surface area contributed by atoms with Crippen molar-refractivity contribution < 1.29 is 9.90 Å². The largest absolute Gasteiger partial charge is 0.481 e. The van der Waals surface area contributed by atoms with Crippen LogP contribution in [0.1, 0.15) is 0 Å². The maximum atomic E-state index is 10.4. The molecule has 0 atom stereocenters. The van der Waals surface area contributed by atoms with Crippen LogP contribution in [0.4, 0.5) is 0 Å². The van der Waals surface area contributed by atoms with Crippen LogP contribution in [0.3, 0.4) is 0 Å². The minimum absolute atomic E-state index is 0.0114. The lowest BCUT2D eigenvalue weighted by molar-refractivity contribution is -0.133. The molecule has 0 saturated carbocycles. The lowest BCUT2D eigenvalue weighted by Gasteiger charge is -1.97. The van der Waals surface area contributed by atoms with Crippen molar-refractivity contribution in [3.05, 3.63) is 35.5 Å². The topological polar surface area (TPSA) is 66.0 Å². The van der Waals surface area contributed by atoms with Crippen LogP contribution in [0.2, 0.25) is 5.02 Å². The van der Waals surface area contributed by atoms with E-state index in [9.17, 15) is 4.79 Å². The average Bonchev–Trinajstić information content (AvgIpc) is 2.75. The van der Waals surface area contributed by atoms with Gasteiger partial charge in [0.05, 0.1) is 17.6 Å². The third-order valence-corrected chi connectivity index (χ3v) is 3.13. The zero-order valence-electron chi connectivity index (χ0n) is 8.68. The van der Waals surface area contributed by atoms with E-state index in [1.807, 2.05) is 18.2 Å². The number of hydrogen-bond donors (Lipinski definition) is 2. The van der Waals surface area contributed by atoms with Crippen LogP contribution in [-0.4, -0.2) is 26.8 Å². The molecule has 1 aromatic carbocycles. The fraction of sp³-hybridized carbons (Fsp3) is 0.0909. The number of benzene rings is 1. The van der Waals surface area contributed by atoms with Crippen molar-refractivity contribution in [3.63, 3.8) is 0 Å². The van der Waals surface area contributed by atoms with Gasteiger partial charge in [0.2, 0.25) is 0 Å². The number of rotatable bonds is 4. The summed E-state index contributed by atoms with van der Waals surface area (Å²) in [5.74, 6) is -0.876. The van der Waals surface area contributed by atoms with Crippen LogP contribution in [0.15, 0.2) is 35.6 Å². The first kappa shape index (κ1) is 12.0. The normalized spacial score (nSPS) is 10.4. The standard InChI is InChI=1S/C11H9ClN2O2S/c12-8-3-1-2-7(4-8)9-5-13-11(14-9)17-6-10(15)16/h1-5H,6H2,(H,13,14)(H,15,16). The molecule has 17 heavy (non-hydrogen) atoms. The van der Waals surface area contributed by atoms with Gasteiger partial charge in [0.1, 0.15) is 0 Å². The van der Waals surface area contributed by atoms with E-state index in [1.54, 1.807) is 12.3 Å². The third kappa shape index (κ3) is 3.25. The molecule has 0 aliphatic rings. The lowest BCUT2D eigenvalue weighted by atomic mass is 10.2. The SMILES string of the molecule is O=C(O)CSc1ncc(-c2cccc(Cl)c2)[nH]1. The summed E-state index contributed by atoms with van der Waals surface area (Å²) in [5.41, 5.74) is 1.74. The molecule has 0 radical (unpaired) electrons. The zero-order valence-corrected chi connectivity index (χ0v) is 10.3. The first-order valence-corrected chi connectivity index (χ1v) is 6.17. The average molecular weight is 269 g/mol. The number of nitrogens with one attached hydrogen (secondary N) is 1. The molecule has 0 aliphatic carbocycles. The predicted molar refractivity (Wildman–Crippen MR) is 67.4 cm³/mol. The molecule has 0 saturated heterocycles. The van der Waals surface area contributed by atoms with Crippen molar-refractivity contribution in [1.82, 2.24) is 9.97 Å². The smallest absolute Gasteiger partial charge is 0.313 e. The minimum atomic E-state index is -0.865. The van der Waals surface area contributed by atoms with Gasteiger partial charge < -0.3 is 10.1 Å². The highest BCUT2D eigenvalue weighted by Crippen LogP contribution is 2.23. The Hall–Kier alpha value is -1.46. The van der Waals surface area contributed by atoms with Crippen LogP contribution in [0.5, 0.6) is 0 Å². The number of H-pyrrole nitrogens is 1. The Balaban J connectivity index is 2.15. The molecule has 0 unspecified atom stereocenters. The molecule has 2 N–H and O–H groups in total.